The number of rotatable bonds is 7. The maximum atomic E-state index is 12.8. The molecule has 4 aromatic rings. The van der Waals surface area contributed by atoms with Gasteiger partial charge in [0.2, 0.25) is 0 Å². The quantitative estimate of drug-likeness (QED) is 0.323. The molecule has 0 unspecified atom stereocenters. The van der Waals surface area contributed by atoms with E-state index in [0.29, 0.717) is 28.4 Å². The van der Waals surface area contributed by atoms with Gasteiger partial charge in [-0.05, 0) is 48.9 Å². The van der Waals surface area contributed by atoms with Gasteiger partial charge in [-0.1, -0.05) is 24.3 Å². The molecule has 35 heavy (non-hydrogen) atoms. The summed E-state index contributed by atoms with van der Waals surface area (Å²) in [5.74, 6) is -0.160. The molecule has 9 nitrogen and oxygen atoms in total. The number of carbonyl (C=O) groups is 2. The van der Waals surface area contributed by atoms with Crippen LogP contribution in [0.5, 0.6) is 11.5 Å². The highest BCUT2D eigenvalue weighted by Gasteiger charge is 2.21. The molecule has 0 radical (unpaired) electrons. The highest BCUT2D eigenvalue weighted by molar-refractivity contribution is 6.04. The number of phenols is 1. The van der Waals surface area contributed by atoms with Crippen LogP contribution < -0.4 is 15.4 Å². The third-order valence-electron chi connectivity index (χ3n) is 5.20. The molecular formula is C26H24N4O5. The van der Waals surface area contributed by atoms with Crippen LogP contribution in [0.1, 0.15) is 17.4 Å². The minimum atomic E-state index is -0.580. The average Bonchev–Trinajstić information content (AvgIpc) is 3.28. The minimum absolute atomic E-state index is 0.0436. The van der Waals surface area contributed by atoms with Gasteiger partial charge in [0.15, 0.2) is 17.2 Å². The minimum Gasteiger partial charge on any atom is -0.504 e. The molecule has 2 heterocycles. The second-order valence-corrected chi connectivity index (χ2v) is 7.39. The van der Waals surface area contributed by atoms with E-state index >= 15 is 0 Å². The number of amides is 2. The zero-order valence-corrected chi connectivity index (χ0v) is 19.2. The SMILES string of the molecule is CCOC(=O)c1c(NC(=O)Nc2cccnc2)ccn1-c1ccc(-c2cccc(OC)c2O)cc1. The number of benzene rings is 2. The van der Waals surface area contributed by atoms with Crippen LogP contribution in [-0.4, -0.2) is 40.4 Å². The summed E-state index contributed by atoms with van der Waals surface area (Å²) in [7, 11) is 1.49. The van der Waals surface area contributed by atoms with Gasteiger partial charge >= 0.3 is 12.0 Å². The summed E-state index contributed by atoms with van der Waals surface area (Å²) in [5.41, 5.74) is 3.02. The second-order valence-electron chi connectivity index (χ2n) is 7.39. The number of anilines is 2. The number of esters is 1. The van der Waals surface area contributed by atoms with Crippen molar-refractivity contribution in [2.75, 3.05) is 24.4 Å². The maximum absolute atomic E-state index is 12.8. The Morgan fingerprint density at radius 1 is 1.03 bits per heavy atom. The lowest BCUT2D eigenvalue weighted by Crippen LogP contribution is -2.22. The third kappa shape index (κ3) is 5.09. The molecule has 2 amide bonds. The fourth-order valence-corrected chi connectivity index (χ4v) is 3.60. The summed E-state index contributed by atoms with van der Waals surface area (Å²) in [6, 6.07) is 17.0. The number of methoxy groups -OCH3 is 1. The maximum Gasteiger partial charge on any atom is 0.357 e. The number of phenolic OH excluding ortho intramolecular Hbond substituents is 1. The Hall–Kier alpha value is -4.79. The average molecular weight is 473 g/mol. The Morgan fingerprint density at radius 2 is 1.83 bits per heavy atom. The predicted octanol–water partition coefficient (Wildman–Crippen LogP) is 5.07. The molecule has 3 N–H and O–H groups in total. The molecule has 4 rings (SSSR count). The third-order valence-corrected chi connectivity index (χ3v) is 5.20. The first-order chi connectivity index (χ1) is 17.0. The number of hydrogen-bond acceptors (Lipinski definition) is 6. The number of nitrogens with one attached hydrogen (secondary N) is 2. The topological polar surface area (TPSA) is 115 Å². The Balaban J connectivity index is 1.63. The van der Waals surface area contributed by atoms with Gasteiger partial charge in [-0.2, -0.15) is 0 Å². The molecule has 0 saturated heterocycles. The number of pyridine rings is 1. The van der Waals surface area contributed by atoms with Gasteiger partial charge in [0.1, 0.15) is 0 Å². The fourth-order valence-electron chi connectivity index (χ4n) is 3.60. The molecule has 0 atom stereocenters. The van der Waals surface area contributed by atoms with E-state index in [1.165, 1.54) is 13.3 Å². The first kappa shape index (κ1) is 23.4. The lowest BCUT2D eigenvalue weighted by molar-refractivity contribution is 0.0518. The van der Waals surface area contributed by atoms with Gasteiger partial charge in [-0.15, -0.1) is 0 Å². The van der Waals surface area contributed by atoms with Crippen molar-refractivity contribution in [2.45, 2.75) is 6.92 Å². The highest BCUT2D eigenvalue weighted by Crippen LogP contribution is 2.37. The summed E-state index contributed by atoms with van der Waals surface area (Å²) >= 11 is 0. The highest BCUT2D eigenvalue weighted by atomic mass is 16.5. The summed E-state index contributed by atoms with van der Waals surface area (Å²) in [6.07, 6.45) is 4.78. The monoisotopic (exact) mass is 472 g/mol. The first-order valence-electron chi connectivity index (χ1n) is 10.8. The molecule has 0 saturated carbocycles. The zero-order chi connectivity index (χ0) is 24.8. The van der Waals surface area contributed by atoms with Crippen LogP contribution >= 0.6 is 0 Å². The molecule has 0 aliphatic carbocycles. The number of carbonyl (C=O) groups excluding carboxylic acids is 2. The molecule has 2 aromatic carbocycles. The van der Waals surface area contributed by atoms with Crippen molar-refractivity contribution in [2.24, 2.45) is 0 Å². The van der Waals surface area contributed by atoms with Crippen molar-refractivity contribution in [1.29, 1.82) is 0 Å². The lowest BCUT2D eigenvalue weighted by Gasteiger charge is -2.13. The van der Waals surface area contributed by atoms with E-state index in [-0.39, 0.29) is 18.1 Å². The number of aromatic nitrogens is 2. The Bertz CT molecular complexity index is 1330. The number of ether oxygens (including phenoxy) is 2. The van der Waals surface area contributed by atoms with E-state index in [1.54, 1.807) is 72.4 Å². The summed E-state index contributed by atoms with van der Waals surface area (Å²) in [5, 5.41) is 15.8. The molecule has 0 spiro atoms. The zero-order valence-electron chi connectivity index (χ0n) is 19.2. The van der Waals surface area contributed by atoms with E-state index in [9.17, 15) is 14.7 Å². The van der Waals surface area contributed by atoms with Crippen molar-refractivity contribution >= 4 is 23.4 Å². The van der Waals surface area contributed by atoms with E-state index in [4.69, 9.17) is 9.47 Å². The molecular weight excluding hydrogens is 448 g/mol. The molecule has 178 valence electrons. The Kier molecular flexibility index (Phi) is 6.96. The van der Waals surface area contributed by atoms with E-state index < -0.39 is 12.0 Å². The molecule has 9 heteroatoms. The first-order valence-corrected chi connectivity index (χ1v) is 10.8. The van der Waals surface area contributed by atoms with Crippen molar-refractivity contribution in [3.05, 3.63) is 84.9 Å². The normalized spacial score (nSPS) is 10.5. The van der Waals surface area contributed by atoms with Crippen LogP contribution in [0, 0.1) is 0 Å². The molecule has 0 aliphatic heterocycles. The molecule has 0 bridgehead atoms. The van der Waals surface area contributed by atoms with Crippen LogP contribution in [-0.2, 0) is 4.74 Å². The second kappa shape index (κ2) is 10.4. The van der Waals surface area contributed by atoms with E-state index in [1.807, 2.05) is 12.1 Å². The number of nitrogens with zero attached hydrogens (tertiary/aromatic N) is 2. The predicted molar refractivity (Wildman–Crippen MR) is 132 cm³/mol. The van der Waals surface area contributed by atoms with Crippen molar-refractivity contribution in [3.63, 3.8) is 0 Å². The molecule has 0 fully saturated rings. The lowest BCUT2D eigenvalue weighted by atomic mass is 10.0. The van der Waals surface area contributed by atoms with E-state index in [2.05, 4.69) is 15.6 Å². The van der Waals surface area contributed by atoms with Crippen LogP contribution in [0.15, 0.2) is 79.3 Å². The number of urea groups is 1. The molecule has 0 aliphatic rings. The van der Waals surface area contributed by atoms with Crippen LogP contribution in [0.3, 0.4) is 0 Å². The van der Waals surface area contributed by atoms with Crippen LogP contribution in [0.4, 0.5) is 16.2 Å². The smallest absolute Gasteiger partial charge is 0.357 e. The number of aromatic hydroxyl groups is 1. The van der Waals surface area contributed by atoms with Crippen molar-refractivity contribution in [1.82, 2.24) is 9.55 Å². The van der Waals surface area contributed by atoms with Gasteiger partial charge in [0.25, 0.3) is 0 Å². The van der Waals surface area contributed by atoms with Crippen molar-refractivity contribution < 1.29 is 24.2 Å². The van der Waals surface area contributed by atoms with E-state index in [0.717, 1.165) is 5.56 Å². The van der Waals surface area contributed by atoms with Crippen LogP contribution in [0.25, 0.3) is 16.8 Å². The van der Waals surface area contributed by atoms with Gasteiger partial charge in [-0.3, -0.25) is 4.98 Å². The molecule has 2 aromatic heterocycles. The summed E-state index contributed by atoms with van der Waals surface area (Å²) < 4.78 is 12.1. The van der Waals surface area contributed by atoms with Gasteiger partial charge in [0.05, 0.1) is 31.3 Å². The van der Waals surface area contributed by atoms with Gasteiger partial charge < -0.3 is 29.8 Å². The summed E-state index contributed by atoms with van der Waals surface area (Å²) in [4.78, 5) is 29.3. The van der Waals surface area contributed by atoms with Crippen LogP contribution in [0.2, 0.25) is 0 Å². The standard InChI is InChI=1S/C26H24N4O5/c1-3-35-25(32)23-21(29-26(33)28-18-6-5-14-27-16-18)13-15-30(23)19-11-9-17(10-12-19)20-7-4-8-22(34-2)24(20)31/h4-16,31H,3H2,1-2H3,(H2,28,29,33). The fraction of sp³-hybridized carbons (Fsp3) is 0.115. The van der Waals surface area contributed by atoms with Crippen molar-refractivity contribution in [3.8, 4) is 28.3 Å². The van der Waals surface area contributed by atoms with Gasteiger partial charge in [-0.25, -0.2) is 9.59 Å². The van der Waals surface area contributed by atoms with Gasteiger partial charge in [0, 0.05) is 23.6 Å². The number of para-hydroxylation sites is 1. The summed E-state index contributed by atoms with van der Waals surface area (Å²) in [6.45, 7) is 1.89. The largest absolute Gasteiger partial charge is 0.504 e. The Labute approximate surface area is 202 Å². The number of hydrogen-bond donors (Lipinski definition) is 3. The Morgan fingerprint density at radius 3 is 2.51 bits per heavy atom.